The van der Waals surface area contributed by atoms with Gasteiger partial charge in [-0.15, -0.1) is 11.8 Å². The van der Waals surface area contributed by atoms with E-state index in [1.54, 1.807) is 6.20 Å². The van der Waals surface area contributed by atoms with Crippen LogP contribution >= 0.6 is 11.8 Å². The van der Waals surface area contributed by atoms with E-state index in [2.05, 4.69) is 27.5 Å². The Bertz CT molecular complexity index is 1080. The van der Waals surface area contributed by atoms with Crippen LogP contribution in [0, 0.1) is 12.8 Å². The molecule has 3 saturated heterocycles. The van der Waals surface area contributed by atoms with Gasteiger partial charge in [0.15, 0.2) is 0 Å². The van der Waals surface area contributed by atoms with Crippen LogP contribution in [0.25, 0.3) is 0 Å². The van der Waals surface area contributed by atoms with Crippen LogP contribution in [0.2, 0.25) is 0 Å². The Labute approximate surface area is 217 Å². The van der Waals surface area contributed by atoms with Gasteiger partial charge >= 0.3 is 6.03 Å². The quantitative estimate of drug-likeness (QED) is 0.483. The van der Waals surface area contributed by atoms with Crippen molar-refractivity contribution in [3.63, 3.8) is 0 Å². The van der Waals surface area contributed by atoms with Crippen LogP contribution in [0.15, 0.2) is 35.5 Å². The van der Waals surface area contributed by atoms with Gasteiger partial charge in [-0.2, -0.15) is 0 Å². The second-order valence-electron chi connectivity index (χ2n) is 10.2. The number of hydrogen-bond acceptors (Lipinski definition) is 7. The molecule has 5 rings (SSSR count). The lowest BCUT2D eigenvalue weighted by atomic mass is 9.86. The Morgan fingerprint density at radius 2 is 2.25 bits per heavy atom. The Hall–Kier alpha value is -2.56. The van der Waals surface area contributed by atoms with E-state index in [9.17, 15) is 9.59 Å². The van der Waals surface area contributed by atoms with Crippen molar-refractivity contribution in [2.24, 2.45) is 5.92 Å². The number of amides is 3. The standard InChI is InChI=1S/C26H36N6O3S/c1-5-22(33)31-10-6-7-17(14-31)28-13-20-24-23-18(8-9-27-25(23)36-20)32(26(34)30-24)19-12-29-21(11-16(19)4)35-15(2)3/h5,11-12,15,17-18,23,25,27-28H,1,6-10,13-14H2,2-4H3,(H,30,34)/t17-,18?,23?,25?/m1/s1. The van der Waals surface area contributed by atoms with Crippen LogP contribution < -0.4 is 25.6 Å². The van der Waals surface area contributed by atoms with Gasteiger partial charge < -0.3 is 25.6 Å². The molecule has 4 aliphatic heterocycles. The number of aryl methyl sites for hydroxylation is 1. The first-order chi connectivity index (χ1) is 17.4. The number of carbonyl (C=O) groups excluding carboxylic acids is 2. The van der Waals surface area contributed by atoms with Crippen LogP contribution in [0.3, 0.4) is 0 Å². The Morgan fingerprint density at radius 1 is 1.42 bits per heavy atom. The Balaban J connectivity index is 1.33. The first kappa shape index (κ1) is 25.1. The van der Waals surface area contributed by atoms with E-state index >= 15 is 0 Å². The van der Waals surface area contributed by atoms with Crippen molar-refractivity contribution >= 4 is 29.4 Å². The van der Waals surface area contributed by atoms with E-state index in [0.717, 1.165) is 49.3 Å². The minimum atomic E-state index is -0.102. The number of anilines is 1. The second kappa shape index (κ2) is 10.4. The number of ether oxygens (including phenoxy) is 1. The highest BCUT2D eigenvalue weighted by Crippen LogP contribution is 2.48. The smallest absolute Gasteiger partial charge is 0.326 e. The highest BCUT2D eigenvalue weighted by Gasteiger charge is 2.50. The molecule has 194 valence electrons. The van der Waals surface area contributed by atoms with Gasteiger partial charge in [-0.1, -0.05) is 6.58 Å². The molecule has 4 aliphatic rings. The van der Waals surface area contributed by atoms with Crippen LogP contribution in [0.4, 0.5) is 10.5 Å². The van der Waals surface area contributed by atoms with E-state index in [0.29, 0.717) is 19.0 Å². The lowest BCUT2D eigenvalue weighted by Gasteiger charge is -2.46. The molecule has 9 nitrogen and oxygen atoms in total. The molecule has 0 spiro atoms. The highest BCUT2D eigenvalue weighted by atomic mass is 32.2. The zero-order chi connectivity index (χ0) is 25.4. The van der Waals surface area contributed by atoms with Crippen molar-refractivity contribution < 1.29 is 14.3 Å². The second-order valence-corrected chi connectivity index (χ2v) is 11.4. The summed E-state index contributed by atoms with van der Waals surface area (Å²) < 4.78 is 5.75. The van der Waals surface area contributed by atoms with Crippen LogP contribution in [-0.4, -0.2) is 71.6 Å². The fourth-order valence-corrected chi connectivity index (χ4v) is 7.18. The third-order valence-corrected chi connectivity index (χ3v) is 8.72. The summed E-state index contributed by atoms with van der Waals surface area (Å²) in [5, 5.41) is 10.8. The third-order valence-electron chi connectivity index (χ3n) is 7.35. The van der Waals surface area contributed by atoms with Gasteiger partial charge in [0.25, 0.3) is 0 Å². The summed E-state index contributed by atoms with van der Waals surface area (Å²) in [6, 6.07) is 2.11. The molecule has 1 aromatic rings. The molecule has 1 aromatic heterocycles. The maximum atomic E-state index is 13.5. The summed E-state index contributed by atoms with van der Waals surface area (Å²) >= 11 is 1.82. The summed E-state index contributed by atoms with van der Waals surface area (Å²) in [5.74, 6) is 0.757. The van der Waals surface area contributed by atoms with Crippen LogP contribution in [0.1, 0.15) is 38.7 Å². The number of piperidine rings is 2. The molecule has 10 heteroatoms. The van der Waals surface area contributed by atoms with Gasteiger partial charge in [0.1, 0.15) is 0 Å². The molecule has 3 N–H and O–H groups in total. The number of nitrogens with zero attached hydrogens (tertiary/aromatic N) is 3. The monoisotopic (exact) mass is 512 g/mol. The maximum absolute atomic E-state index is 13.5. The normalized spacial score (nSPS) is 27.7. The molecule has 4 atom stereocenters. The van der Waals surface area contributed by atoms with E-state index in [1.807, 2.05) is 48.4 Å². The fraction of sp³-hybridized carbons (Fsp3) is 0.577. The van der Waals surface area contributed by atoms with E-state index in [1.165, 1.54) is 11.0 Å². The van der Waals surface area contributed by atoms with Crippen molar-refractivity contribution in [3.05, 3.63) is 41.1 Å². The van der Waals surface area contributed by atoms with Gasteiger partial charge in [-0.3, -0.25) is 9.69 Å². The number of nitrogens with one attached hydrogen (secondary N) is 3. The first-order valence-corrected chi connectivity index (χ1v) is 13.7. The number of pyridine rings is 1. The average Bonchev–Trinajstić information content (AvgIpc) is 3.21. The van der Waals surface area contributed by atoms with Crippen LogP contribution in [0.5, 0.6) is 5.88 Å². The van der Waals surface area contributed by atoms with Crippen molar-refractivity contribution in [2.45, 2.75) is 63.6 Å². The van der Waals surface area contributed by atoms with E-state index in [-0.39, 0.29) is 41.4 Å². The first-order valence-electron chi connectivity index (χ1n) is 12.9. The Morgan fingerprint density at radius 3 is 3.00 bits per heavy atom. The molecule has 0 aromatic carbocycles. The van der Waals surface area contributed by atoms with Gasteiger partial charge in [0.2, 0.25) is 11.8 Å². The van der Waals surface area contributed by atoms with Crippen molar-refractivity contribution in [2.75, 3.05) is 31.1 Å². The zero-order valence-electron chi connectivity index (χ0n) is 21.3. The summed E-state index contributed by atoms with van der Waals surface area (Å²) in [6.07, 6.45) is 6.09. The molecule has 0 radical (unpaired) electrons. The van der Waals surface area contributed by atoms with Crippen molar-refractivity contribution in [3.8, 4) is 5.88 Å². The predicted octanol–water partition coefficient (Wildman–Crippen LogP) is 2.74. The molecular formula is C26H36N6O3S. The molecule has 3 unspecified atom stereocenters. The fourth-order valence-electron chi connectivity index (χ4n) is 5.73. The average molecular weight is 513 g/mol. The molecule has 0 aliphatic carbocycles. The summed E-state index contributed by atoms with van der Waals surface area (Å²) in [5.41, 5.74) is 2.84. The maximum Gasteiger partial charge on any atom is 0.326 e. The lowest BCUT2D eigenvalue weighted by Crippen LogP contribution is -2.62. The molecule has 3 fully saturated rings. The summed E-state index contributed by atoms with van der Waals surface area (Å²) in [4.78, 5) is 35.0. The minimum Gasteiger partial charge on any atom is -0.475 e. The van der Waals surface area contributed by atoms with Gasteiger partial charge in [-0.05, 0) is 58.2 Å². The van der Waals surface area contributed by atoms with Crippen LogP contribution in [-0.2, 0) is 4.79 Å². The number of urea groups is 1. The van der Waals surface area contributed by atoms with Gasteiger partial charge in [-0.25, -0.2) is 9.78 Å². The summed E-state index contributed by atoms with van der Waals surface area (Å²) in [6.45, 7) is 12.6. The molecule has 0 bridgehead atoms. The molecular weight excluding hydrogens is 476 g/mol. The number of thioether (sulfide) groups is 1. The largest absolute Gasteiger partial charge is 0.475 e. The number of carbonyl (C=O) groups is 2. The highest BCUT2D eigenvalue weighted by molar-refractivity contribution is 8.04. The topological polar surface area (TPSA) is 98.8 Å². The molecule has 5 heterocycles. The predicted molar refractivity (Wildman–Crippen MR) is 142 cm³/mol. The minimum absolute atomic E-state index is 0.00921. The van der Waals surface area contributed by atoms with Crippen molar-refractivity contribution in [1.29, 1.82) is 0 Å². The molecule has 0 saturated carbocycles. The van der Waals surface area contributed by atoms with Gasteiger partial charge in [0.05, 0.1) is 29.4 Å². The van der Waals surface area contributed by atoms with E-state index < -0.39 is 0 Å². The van der Waals surface area contributed by atoms with E-state index in [4.69, 9.17) is 4.74 Å². The zero-order valence-corrected chi connectivity index (χ0v) is 22.1. The molecule has 36 heavy (non-hydrogen) atoms. The molecule has 3 amide bonds. The van der Waals surface area contributed by atoms with Crippen molar-refractivity contribution in [1.82, 2.24) is 25.8 Å². The number of rotatable bonds is 7. The SMILES string of the molecule is C=CC(=O)N1CCC[C@@H](NCC2=C3NC(=O)N(c4cnc(OC(C)C)cc4C)C4CCNC(S2)C34)C1. The Kier molecular flexibility index (Phi) is 7.28. The third kappa shape index (κ3) is 4.86. The summed E-state index contributed by atoms with van der Waals surface area (Å²) in [7, 11) is 0. The lowest BCUT2D eigenvalue weighted by molar-refractivity contribution is -0.127. The number of likely N-dealkylation sites (tertiary alicyclic amines) is 1. The number of aromatic nitrogens is 1. The number of hydrogen-bond donors (Lipinski definition) is 3. The van der Waals surface area contributed by atoms with Gasteiger partial charge in [0, 0.05) is 48.3 Å².